The van der Waals surface area contributed by atoms with Gasteiger partial charge in [0.2, 0.25) is 0 Å². The molecule has 4 nitrogen and oxygen atoms in total. The van der Waals surface area contributed by atoms with E-state index in [0.29, 0.717) is 16.5 Å². The lowest BCUT2D eigenvalue weighted by Crippen LogP contribution is -2.17. The topological polar surface area (TPSA) is 54.9 Å². The van der Waals surface area contributed by atoms with Gasteiger partial charge < -0.3 is 5.32 Å². The summed E-state index contributed by atoms with van der Waals surface area (Å²) in [6, 6.07) is 5.29. The van der Waals surface area contributed by atoms with Crippen LogP contribution in [0.3, 0.4) is 0 Å². The molecule has 0 bridgehead atoms. The van der Waals surface area contributed by atoms with Gasteiger partial charge in [0.25, 0.3) is 5.91 Å². The molecular formula is C15H15Cl2N3O. The molecule has 1 heterocycles. The van der Waals surface area contributed by atoms with Crippen molar-refractivity contribution in [3.8, 4) is 0 Å². The first-order chi connectivity index (χ1) is 9.88. The Bertz CT molecular complexity index is 687. The maximum atomic E-state index is 12.3. The van der Waals surface area contributed by atoms with Crippen molar-refractivity contribution < 1.29 is 4.79 Å². The Morgan fingerprint density at radius 3 is 2.67 bits per heavy atom. The van der Waals surface area contributed by atoms with Gasteiger partial charge in [-0.2, -0.15) is 0 Å². The minimum absolute atomic E-state index is 0.113. The molecule has 0 unspecified atom stereocenters. The zero-order valence-electron chi connectivity index (χ0n) is 11.9. The van der Waals surface area contributed by atoms with E-state index in [1.54, 1.807) is 12.1 Å². The number of amides is 1. The number of halogens is 2. The highest BCUT2D eigenvalue weighted by atomic mass is 35.5. The monoisotopic (exact) mass is 323 g/mol. The molecule has 1 aromatic carbocycles. The average Bonchev–Trinajstić information content (AvgIpc) is 2.43. The molecule has 0 atom stereocenters. The van der Waals surface area contributed by atoms with Gasteiger partial charge >= 0.3 is 0 Å². The van der Waals surface area contributed by atoms with E-state index >= 15 is 0 Å². The summed E-state index contributed by atoms with van der Waals surface area (Å²) in [6.07, 6.45) is 1.45. The lowest BCUT2D eigenvalue weighted by atomic mass is 10.2. The summed E-state index contributed by atoms with van der Waals surface area (Å²) < 4.78 is 0. The van der Waals surface area contributed by atoms with Crippen LogP contribution in [0.4, 0.5) is 5.69 Å². The van der Waals surface area contributed by atoms with Gasteiger partial charge in [-0.05, 0) is 24.6 Å². The Morgan fingerprint density at radius 1 is 1.29 bits per heavy atom. The zero-order chi connectivity index (χ0) is 15.6. The maximum Gasteiger partial charge on any atom is 0.275 e. The normalized spacial score (nSPS) is 10.8. The van der Waals surface area contributed by atoms with E-state index in [-0.39, 0.29) is 22.5 Å². The highest BCUT2D eigenvalue weighted by Crippen LogP contribution is 2.22. The number of nitrogens with one attached hydrogen (secondary N) is 1. The third kappa shape index (κ3) is 3.71. The Labute approximate surface area is 133 Å². The molecule has 0 aliphatic carbocycles. The number of aryl methyl sites for hydroxylation is 1. The maximum absolute atomic E-state index is 12.3. The van der Waals surface area contributed by atoms with E-state index in [0.717, 1.165) is 5.56 Å². The molecule has 0 aliphatic rings. The van der Waals surface area contributed by atoms with Crippen molar-refractivity contribution in [2.75, 3.05) is 5.32 Å². The van der Waals surface area contributed by atoms with Gasteiger partial charge in [-0.15, -0.1) is 0 Å². The van der Waals surface area contributed by atoms with E-state index in [1.807, 2.05) is 26.8 Å². The third-order valence-corrected chi connectivity index (χ3v) is 3.45. The molecule has 2 rings (SSSR count). The van der Waals surface area contributed by atoms with Gasteiger partial charge in [0, 0.05) is 16.6 Å². The molecule has 0 saturated heterocycles. The van der Waals surface area contributed by atoms with Gasteiger partial charge in [0.05, 0.1) is 11.2 Å². The summed E-state index contributed by atoms with van der Waals surface area (Å²) in [5, 5.41) is 3.54. The third-order valence-electron chi connectivity index (χ3n) is 2.94. The second-order valence-electron chi connectivity index (χ2n) is 4.99. The van der Waals surface area contributed by atoms with Gasteiger partial charge in [-0.3, -0.25) is 4.79 Å². The van der Waals surface area contributed by atoms with Crippen molar-refractivity contribution in [3.63, 3.8) is 0 Å². The average molecular weight is 324 g/mol. The summed E-state index contributed by atoms with van der Waals surface area (Å²) in [5.74, 6) is 0.309. The number of benzene rings is 1. The van der Waals surface area contributed by atoms with Gasteiger partial charge in [-0.1, -0.05) is 43.1 Å². The zero-order valence-corrected chi connectivity index (χ0v) is 13.5. The second kappa shape index (κ2) is 6.41. The van der Waals surface area contributed by atoms with Crippen LogP contribution in [0.1, 0.15) is 41.6 Å². The fourth-order valence-corrected chi connectivity index (χ4v) is 2.08. The highest BCUT2D eigenvalue weighted by Gasteiger charge is 2.16. The SMILES string of the molecule is Cc1ccc(Cl)cc1NC(=O)c1nc(C(C)C)ncc1Cl. The molecule has 0 saturated carbocycles. The van der Waals surface area contributed by atoms with Crippen LogP contribution in [-0.4, -0.2) is 15.9 Å². The lowest BCUT2D eigenvalue weighted by molar-refractivity contribution is 0.102. The van der Waals surface area contributed by atoms with E-state index in [2.05, 4.69) is 15.3 Å². The van der Waals surface area contributed by atoms with Crippen molar-refractivity contribution in [2.45, 2.75) is 26.7 Å². The Hall–Kier alpha value is -1.65. The first kappa shape index (κ1) is 15.7. The van der Waals surface area contributed by atoms with Crippen LogP contribution in [0, 0.1) is 6.92 Å². The Morgan fingerprint density at radius 2 is 2.00 bits per heavy atom. The largest absolute Gasteiger partial charge is 0.320 e. The number of nitrogens with zero attached hydrogens (tertiary/aromatic N) is 2. The van der Waals surface area contributed by atoms with E-state index < -0.39 is 0 Å². The Balaban J connectivity index is 2.32. The summed E-state index contributed by atoms with van der Waals surface area (Å²) in [6.45, 7) is 5.78. The first-order valence-electron chi connectivity index (χ1n) is 6.48. The van der Waals surface area contributed by atoms with Crippen molar-refractivity contribution in [3.05, 3.63) is 51.5 Å². The molecular weight excluding hydrogens is 309 g/mol. The number of anilines is 1. The minimum Gasteiger partial charge on any atom is -0.320 e. The van der Waals surface area contributed by atoms with Crippen LogP contribution in [0.25, 0.3) is 0 Å². The highest BCUT2D eigenvalue weighted by molar-refractivity contribution is 6.34. The lowest BCUT2D eigenvalue weighted by Gasteiger charge is -2.11. The number of hydrogen-bond donors (Lipinski definition) is 1. The van der Waals surface area contributed by atoms with Crippen molar-refractivity contribution in [1.29, 1.82) is 0 Å². The number of aromatic nitrogens is 2. The summed E-state index contributed by atoms with van der Waals surface area (Å²) in [7, 11) is 0. The molecule has 110 valence electrons. The standard InChI is InChI=1S/C15H15Cl2N3O/c1-8(2)14-18-7-11(17)13(20-14)15(21)19-12-6-10(16)5-4-9(12)3/h4-8H,1-3H3,(H,19,21). The molecule has 0 aliphatic heterocycles. The number of rotatable bonds is 3. The molecule has 2 aromatic rings. The molecule has 1 amide bonds. The predicted octanol–water partition coefficient (Wildman–Crippen LogP) is 4.47. The number of hydrogen-bond acceptors (Lipinski definition) is 3. The van der Waals surface area contributed by atoms with Gasteiger partial charge in [0.1, 0.15) is 5.82 Å². The second-order valence-corrected chi connectivity index (χ2v) is 5.84. The van der Waals surface area contributed by atoms with Crippen LogP contribution in [0.15, 0.2) is 24.4 Å². The van der Waals surface area contributed by atoms with Gasteiger partial charge in [-0.25, -0.2) is 9.97 Å². The molecule has 1 N–H and O–H groups in total. The van der Waals surface area contributed by atoms with Crippen molar-refractivity contribution in [1.82, 2.24) is 9.97 Å². The van der Waals surface area contributed by atoms with Crippen molar-refractivity contribution >= 4 is 34.8 Å². The molecule has 21 heavy (non-hydrogen) atoms. The molecule has 0 fully saturated rings. The van der Waals surface area contributed by atoms with E-state index in [9.17, 15) is 4.79 Å². The fourth-order valence-electron chi connectivity index (χ4n) is 1.73. The molecule has 6 heteroatoms. The van der Waals surface area contributed by atoms with Crippen LogP contribution >= 0.6 is 23.2 Å². The summed E-state index contributed by atoms with van der Waals surface area (Å²) >= 11 is 12.0. The van der Waals surface area contributed by atoms with Crippen LogP contribution < -0.4 is 5.32 Å². The Kier molecular flexibility index (Phi) is 4.80. The molecule has 0 spiro atoms. The fraction of sp³-hybridized carbons (Fsp3) is 0.267. The van der Waals surface area contributed by atoms with Gasteiger partial charge in [0.15, 0.2) is 5.69 Å². The molecule has 1 aromatic heterocycles. The summed E-state index contributed by atoms with van der Waals surface area (Å²) in [4.78, 5) is 20.7. The number of carbonyl (C=O) groups is 1. The smallest absolute Gasteiger partial charge is 0.275 e. The van der Waals surface area contributed by atoms with E-state index in [1.165, 1.54) is 6.20 Å². The predicted molar refractivity (Wildman–Crippen MR) is 85.3 cm³/mol. The summed E-state index contributed by atoms with van der Waals surface area (Å²) in [5.41, 5.74) is 1.70. The minimum atomic E-state index is -0.380. The van der Waals surface area contributed by atoms with E-state index in [4.69, 9.17) is 23.2 Å². The van der Waals surface area contributed by atoms with Crippen molar-refractivity contribution in [2.24, 2.45) is 0 Å². The molecule has 0 radical (unpaired) electrons. The number of carbonyl (C=O) groups excluding carboxylic acids is 1. The quantitative estimate of drug-likeness (QED) is 0.906. The van der Waals surface area contributed by atoms with Crippen LogP contribution in [0.5, 0.6) is 0 Å². The van der Waals surface area contributed by atoms with Crippen LogP contribution in [0.2, 0.25) is 10.0 Å². The van der Waals surface area contributed by atoms with Crippen LogP contribution in [-0.2, 0) is 0 Å². The first-order valence-corrected chi connectivity index (χ1v) is 7.24.